The van der Waals surface area contributed by atoms with Crippen molar-refractivity contribution in [1.82, 2.24) is 4.90 Å². The van der Waals surface area contributed by atoms with E-state index in [1.54, 1.807) is 0 Å². The molecule has 1 aromatic carbocycles. The molecule has 5 heteroatoms. The van der Waals surface area contributed by atoms with Crippen LogP contribution >= 0.6 is 0 Å². The van der Waals surface area contributed by atoms with Crippen molar-refractivity contribution in [3.63, 3.8) is 0 Å². The highest BCUT2D eigenvalue weighted by Crippen LogP contribution is 2.53. The summed E-state index contributed by atoms with van der Waals surface area (Å²) >= 11 is 0. The Kier molecular flexibility index (Phi) is 2.17. The molecule has 5 nitrogen and oxygen atoms in total. The lowest BCUT2D eigenvalue weighted by molar-refractivity contribution is 0.0937. The van der Waals surface area contributed by atoms with Gasteiger partial charge in [0.25, 0.3) is 0 Å². The summed E-state index contributed by atoms with van der Waals surface area (Å²) < 4.78 is 11.0. The number of nitrogens with zero attached hydrogens (tertiary/aromatic N) is 1. The van der Waals surface area contributed by atoms with Crippen molar-refractivity contribution in [3.8, 4) is 11.5 Å². The summed E-state index contributed by atoms with van der Waals surface area (Å²) in [5.41, 5.74) is 1.89. The van der Waals surface area contributed by atoms with Crippen molar-refractivity contribution in [2.75, 3.05) is 13.3 Å². The maximum absolute atomic E-state index is 10.7. The number of hydrogen-bond donors (Lipinski definition) is 2. The zero-order valence-electron chi connectivity index (χ0n) is 11.5. The van der Waals surface area contributed by atoms with Crippen LogP contribution in [0, 0.1) is 0 Å². The molecule has 1 saturated heterocycles. The van der Waals surface area contributed by atoms with Gasteiger partial charge in [-0.3, -0.25) is 4.90 Å². The third-order valence-electron chi connectivity index (χ3n) is 5.45. The molecule has 0 saturated carbocycles. The molecule has 0 aromatic heterocycles. The first-order valence-electron chi connectivity index (χ1n) is 7.41. The van der Waals surface area contributed by atoms with Crippen molar-refractivity contribution in [1.29, 1.82) is 0 Å². The van der Waals surface area contributed by atoms with Gasteiger partial charge in [-0.15, -0.1) is 0 Å². The van der Waals surface area contributed by atoms with E-state index in [0.717, 1.165) is 23.6 Å². The molecule has 1 aliphatic carbocycles. The fourth-order valence-corrected chi connectivity index (χ4v) is 4.53. The number of benzene rings is 1. The minimum absolute atomic E-state index is 0.153. The number of aliphatic hydroxyl groups excluding tert-OH is 2. The van der Waals surface area contributed by atoms with E-state index in [-0.39, 0.29) is 12.8 Å². The van der Waals surface area contributed by atoms with E-state index in [1.807, 2.05) is 24.3 Å². The Morgan fingerprint density at radius 1 is 1.19 bits per heavy atom. The Bertz CT molecular complexity index is 658. The quantitative estimate of drug-likeness (QED) is 0.682. The van der Waals surface area contributed by atoms with Gasteiger partial charge in [-0.05, 0) is 29.7 Å². The van der Waals surface area contributed by atoms with Gasteiger partial charge < -0.3 is 19.7 Å². The van der Waals surface area contributed by atoms with Gasteiger partial charge >= 0.3 is 0 Å². The van der Waals surface area contributed by atoms with Crippen molar-refractivity contribution < 1.29 is 19.7 Å². The van der Waals surface area contributed by atoms with Crippen LogP contribution in [-0.2, 0) is 12.0 Å². The summed E-state index contributed by atoms with van der Waals surface area (Å²) in [4.78, 5) is 2.28. The second-order valence-electron chi connectivity index (χ2n) is 6.42. The lowest BCUT2D eigenvalue weighted by atomic mass is 9.65. The third-order valence-corrected chi connectivity index (χ3v) is 5.45. The van der Waals surface area contributed by atoms with Crippen LogP contribution in [0.2, 0.25) is 0 Å². The van der Waals surface area contributed by atoms with E-state index in [0.29, 0.717) is 13.0 Å². The van der Waals surface area contributed by atoms with Crippen molar-refractivity contribution in [2.24, 2.45) is 0 Å². The minimum atomic E-state index is -0.451. The van der Waals surface area contributed by atoms with Gasteiger partial charge in [0, 0.05) is 19.1 Å². The maximum Gasteiger partial charge on any atom is 0.231 e. The Hall–Kier alpha value is -1.56. The number of rotatable bonds is 0. The van der Waals surface area contributed by atoms with Crippen LogP contribution in [0.4, 0.5) is 0 Å². The standard InChI is InChI=1S/C16H17NO4/c18-10-1-2-16-11-5-13-12(20-8-21-13)3-9(11)6-17(7-15(16)19)14(16)4-10/h1-3,5,10,14-15,18-19H,4,6-8H2/t10-,14+,15?,16-/m0/s1. The molecule has 4 aliphatic rings. The largest absolute Gasteiger partial charge is 0.454 e. The second kappa shape index (κ2) is 3.80. The Labute approximate surface area is 122 Å². The first kappa shape index (κ1) is 12.0. The first-order chi connectivity index (χ1) is 10.2. The zero-order valence-corrected chi connectivity index (χ0v) is 11.5. The molecule has 3 aliphatic heterocycles. The summed E-state index contributed by atoms with van der Waals surface area (Å²) in [6.45, 7) is 1.69. The van der Waals surface area contributed by atoms with Crippen LogP contribution < -0.4 is 9.47 Å². The molecule has 2 unspecified atom stereocenters. The van der Waals surface area contributed by atoms with E-state index in [2.05, 4.69) is 4.90 Å². The number of ether oxygens (including phenoxy) is 2. The van der Waals surface area contributed by atoms with E-state index in [1.165, 1.54) is 5.56 Å². The molecule has 0 amide bonds. The second-order valence-corrected chi connectivity index (χ2v) is 6.42. The topological polar surface area (TPSA) is 62.2 Å². The van der Waals surface area contributed by atoms with Crippen LogP contribution in [0.25, 0.3) is 0 Å². The summed E-state index contributed by atoms with van der Waals surface area (Å²) in [5.74, 6) is 1.55. The van der Waals surface area contributed by atoms with E-state index in [9.17, 15) is 10.2 Å². The van der Waals surface area contributed by atoms with Crippen molar-refractivity contribution in [3.05, 3.63) is 35.4 Å². The summed E-state index contributed by atoms with van der Waals surface area (Å²) in [7, 11) is 0. The molecule has 0 spiro atoms. The molecule has 1 aromatic rings. The maximum atomic E-state index is 10.7. The molecule has 0 radical (unpaired) electrons. The fraction of sp³-hybridized carbons (Fsp3) is 0.500. The predicted molar refractivity (Wildman–Crippen MR) is 74.2 cm³/mol. The highest BCUT2D eigenvalue weighted by molar-refractivity contribution is 5.56. The fourth-order valence-electron chi connectivity index (χ4n) is 4.53. The van der Waals surface area contributed by atoms with Gasteiger partial charge in [0.05, 0.1) is 17.6 Å². The molecule has 5 rings (SSSR count). The number of fused-ring (bicyclic) bond motifs is 2. The highest BCUT2D eigenvalue weighted by atomic mass is 16.7. The smallest absolute Gasteiger partial charge is 0.231 e. The number of aliphatic hydroxyl groups is 2. The van der Waals surface area contributed by atoms with Gasteiger partial charge in [-0.25, -0.2) is 0 Å². The number of hydrogen-bond acceptors (Lipinski definition) is 5. The molecule has 2 bridgehead atoms. The van der Waals surface area contributed by atoms with Crippen LogP contribution in [0.3, 0.4) is 0 Å². The van der Waals surface area contributed by atoms with Crippen LogP contribution in [0.15, 0.2) is 24.3 Å². The van der Waals surface area contributed by atoms with E-state index >= 15 is 0 Å². The summed E-state index contributed by atoms with van der Waals surface area (Å²) in [5, 5.41) is 20.7. The molecule has 2 N–H and O–H groups in total. The van der Waals surface area contributed by atoms with E-state index < -0.39 is 17.6 Å². The lowest BCUT2D eigenvalue weighted by Gasteiger charge is -2.45. The van der Waals surface area contributed by atoms with Gasteiger partial charge in [0.2, 0.25) is 6.79 Å². The third kappa shape index (κ3) is 1.36. The Morgan fingerprint density at radius 3 is 2.86 bits per heavy atom. The summed E-state index contributed by atoms with van der Waals surface area (Å²) in [6, 6.07) is 4.22. The van der Waals surface area contributed by atoms with Crippen LogP contribution in [0.1, 0.15) is 17.5 Å². The average molecular weight is 287 g/mol. The molecular weight excluding hydrogens is 270 g/mol. The first-order valence-corrected chi connectivity index (χ1v) is 7.41. The SMILES string of the molecule is OC1CN2Cc3cc4c(cc3[C@]13C=C[C@H](O)C[C@@H]23)OCO4. The minimum Gasteiger partial charge on any atom is -0.454 e. The molecule has 1 fully saturated rings. The average Bonchev–Trinajstić information content (AvgIpc) is 2.99. The molecule has 110 valence electrons. The van der Waals surface area contributed by atoms with Gasteiger partial charge in [-0.1, -0.05) is 12.2 Å². The van der Waals surface area contributed by atoms with E-state index in [4.69, 9.17) is 9.47 Å². The van der Waals surface area contributed by atoms with Crippen LogP contribution in [-0.4, -0.2) is 46.7 Å². The Balaban J connectivity index is 1.76. The highest BCUT2D eigenvalue weighted by Gasteiger charge is 2.58. The van der Waals surface area contributed by atoms with Crippen molar-refractivity contribution >= 4 is 0 Å². The molecule has 21 heavy (non-hydrogen) atoms. The van der Waals surface area contributed by atoms with Gasteiger partial charge in [0.15, 0.2) is 11.5 Å². The molecular formula is C16H17NO4. The van der Waals surface area contributed by atoms with Gasteiger partial charge in [-0.2, -0.15) is 0 Å². The predicted octanol–water partition coefficient (Wildman–Crippen LogP) is 0.533. The van der Waals surface area contributed by atoms with Crippen LogP contribution in [0.5, 0.6) is 11.5 Å². The molecule has 5 atom stereocenters. The normalized spacial score (nSPS) is 41.8. The van der Waals surface area contributed by atoms with Gasteiger partial charge in [0.1, 0.15) is 0 Å². The summed E-state index contributed by atoms with van der Waals surface area (Å²) in [6.07, 6.45) is 3.63. The molecule has 3 heterocycles. The monoisotopic (exact) mass is 287 g/mol. The Morgan fingerprint density at radius 2 is 2.00 bits per heavy atom. The van der Waals surface area contributed by atoms with Crippen molar-refractivity contribution in [2.45, 2.75) is 36.6 Å². The zero-order chi connectivity index (χ0) is 14.2. The lowest BCUT2D eigenvalue weighted by Crippen LogP contribution is -2.52.